The highest BCUT2D eigenvalue weighted by atomic mass is 19.1. The van der Waals surface area contributed by atoms with E-state index in [2.05, 4.69) is 30.9 Å². The second-order valence-electron chi connectivity index (χ2n) is 6.85. The second kappa shape index (κ2) is 8.64. The average Bonchev–Trinajstić information content (AvgIpc) is 3.14. The Hall–Kier alpha value is -3.88. The highest BCUT2D eigenvalue weighted by Gasteiger charge is 2.11. The van der Waals surface area contributed by atoms with Gasteiger partial charge >= 0.3 is 0 Å². The van der Waals surface area contributed by atoms with Crippen molar-refractivity contribution in [2.75, 3.05) is 10.6 Å². The van der Waals surface area contributed by atoms with Crippen LogP contribution in [0.5, 0.6) is 0 Å². The molecule has 4 rings (SSSR count). The van der Waals surface area contributed by atoms with E-state index in [1.165, 1.54) is 12.1 Å². The summed E-state index contributed by atoms with van der Waals surface area (Å²) in [5.41, 5.74) is 2.55. The van der Waals surface area contributed by atoms with Crippen LogP contribution < -0.4 is 10.6 Å². The molecule has 0 radical (unpaired) electrons. The van der Waals surface area contributed by atoms with Crippen LogP contribution in [-0.4, -0.2) is 30.7 Å². The highest BCUT2D eigenvalue weighted by molar-refractivity contribution is 5.89. The predicted octanol–water partition coefficient (Wildman–Crippen LogP) is 3.15. The number of aryl methyl sites for hydroxylation is 2. The highest BCUT2D eigenvalue weighted by Crippen LogP contribution is 2.12. The van der Waals surface area contributed by atoms with Gasteiger partial charge in [-0.3, -0.25) is 4.79 Å². The van der Waals surface area contributed by atoms with E-state index in [9.17, 15) is 9.18 Å². The van der Waals surface area contributed by atoms with Crippen molar-refractivity contribution in [1.82, 2.24) is 24.8 Å². The van der Waals surface area contributed by atoms with Gasteiger partial charge in [0.05, 0.1) is 0 Å². The van der Waals surface area contributed by atoms with Gasteiger partial charge in [-0.2, -0.15) is 4.52 Å². The summed E-state index contributed by atoms with van der Waals surface area (Å²) in [6, 6.07) is 13.5. The lowest BCUT2D eigenvalue weighted by Gasteiger charge is -2.07. The van der Waals surface area contributed by atoms with Gasteiger partial charge < -0.3 is 10.6 Å². The third-order valence-corrected chi connectivity index (χ3v) is 4.47. The fraction of sp³-hybridized carbons (Fsp3) is 0.190. The van der Waals surface area contributed by atoms with Crippen LogP contribution in [0.1, 0.15) is 23.4 Å². The van der Waals surface area contributed by atoms with Crippen LogP contribution in [0.4, 0.5) is 16.0 Å². The molecule has 9 heteroatoms. The molecule has 0 aliphatic rings. The molecule has 0 spiro atoms. The Balaban J connectivity index is 1.39. The Labute approximate surface area is 172 Å². The molecule has 8 nitrogen and oxygen atoms in total. The molecule has 1 amide bonds. The summed E-state index contributed by atoms with van der Waals surface area (Å²) in [5, 5.41) is 18.7. The summed E-state index contributed by atoms with van der Waals surface area (Å²) in [5.74, 6) is 1.31. The van der Waals surface area contributed by atoms with E-state index in [-0.39, 0.29) is 18.1 Å². The fourth-order valence-corrected chi connectivity index (χ4v) is 2.91. The van der Waals surface area contributed by atoms with Gasteiger partial charge in [-0.15, -0.1) is 15.3 Å². The normalized spacial score (nSPS) is 10.9. The zero-order valence-electron chi connectivity index (χ0n) is 16.3. The molecule has 0 aliphatic carbocycles. The predicted molar refractivity (Wildman–Crippen MR) is 110 cm³/mol. The summed E-state index contributed by atoms with van der Waals surface area (Å²) < 4.78 is 14.6. The summed E-state index contributed by atoms with van der Waals surface area (Å²) in [6.45, 7) is 2.44. The van der Waals surface area contributed by atoms with Crippen molar-refractivity contribution in [3.8, 4) is 0 Å². The lowest BCUT2D eigenvalue weighted by Crippen LogP contribution is -2.14. The van der Waals surface area contributed by atoms with Crippen molar-refractivity contribution in [3.63, 3.8) is 0 Å². The van der Waals surface area contributed by atoms with Crippen LogP contribution in [0.25, 0.3) is 5.65 Å². The number of nitrogens with one attached hydrogen (secondary N) is 2. The Kier molecular flexibility index (Phi) is 5.60. The molecule has 2 N–H and O–H groups in total. The van der Waals surface area contributed by atoms with Crippen LogP contribution in [-0.2, 0) is 17.8 Å². The van der Waals surface area contributed by atoms with Crippen molar-refractivity contribution in [2.24, 2.45) is 0 Å². The van der Waals surface area contributed by atoms with Gasteiger partial charge in [0.15, 0.2) is 11.5 Å². The third-order valence-electron chi connectivity index (χ3n) is 4.47. The van der Waals surface area contributed by atoms with Crippen molar-refractivity contribution >= 4 is 23.2 Å². The molecule has 0 saturated carbocycles. The number of carbonyl (C=O) groups excluding carboxylic acids is 1. The van der Waals surface area contributed by atoms with Crippen LogP contribution >= 0.6 is 0 Å². The van der Waals surface area contributed by atoms with E-state index in [0.717, 1.165) is 11.1 Å². The van der Waals surface area contributed by atoms with Crippen molar-refractivity contribution in [3.05, 3.63) is 77.5 Å². The largest absolute Gasteiger partial charge is 0.365 e. The number of halogens is 1. The molecule has 30 heavy (non-hydrogen) atoms. The summed E-state index contributed by atoms with van der Waals surface area (Å²) >= 11 is 0. The number of rotatable bonds is 7. The molecule has 3 heterocycles. The van der Waals surface area contributed by atoms with Gasteiger partial charge in [0.1, 0.15) is 17.5 Å². The first kappa shape index (κ1) is 19.4. The maximum Gasteiger partial charge on any atom is 0.225 e. The number of anilines is 2. The van der Waals surface area contributed by atoms with Crippen LogP contribution in [0.2, 0.25) is 0 Å². The molecule has 0 aliphatic heterocycles. The molecule has 4 aromatic rings. The van der Waals surface area contributed by atoms with Gasteiger partial charge in [-0.05, 0) is 54.4 Å². The Morgan fingerprint density at radius 1 is 1.07 bits per heavy atom. The van der Waals surface area contributed by atoms with Crippen LogP contribution in [0.15, 0.2) is 54.7 Å². The van der Waals surface area contributed by atoms with Gasteiger partial charge in [-0.1, -0.05) is 12.1 Å². The van der Waals surface area contributed by atoms with Gasteiger partial charge in [0.25, 0.3) is 0 Å². The monoisotopic (exact) mass is 405 g/mol. The molecule has 0 fully saturated rings. The fourth-order valence-electron chi connectivity index (χ4n) is 2.91. The van der Waals surface area contributed by atoms with Gasteiger partial charge in [-0.25, -0.2) is 9.37 Å². The van der Waals surface area contributed by atoms with Gasteiger partial charge in [0, 0.05) is 25.6 Å². The molecular formula is C21H20FN7O. The minimum absolute atomic E-state index is 0.157. The number of aromatic nitrogens is 5. The van der Waals surface area contributed by atoms with E-state index in [1.54, 1.807) is 35.0 Å². The number of hydrogen-bond acceptors (Lipinski definition) is 6. The zero-order chi connectivity index (χ0) is 20.9. The van der Waals surface area contributed by atoms with E-state index >= 15 is 0 Å². The zero-order valence-corrected chi connectivity index (χ0v) is 16.3. The van der Waals surface area contributed by atoms with Crippen LogP contribution in [0.3, 0.4) is 0 Å². The quantitative estimate of drug-likeness (QED) is 0.490. The Bertz CT molecular complexity index is 1170. The maximum atomic E-state index is 13.0. The summed E-state index contributed by atoms with van der Waals surface area (Å²) in [6.07, 6.45) is 2.26. The Morgan fingerprint density at radius 2 is 1.90 bits per heavy atom. The number of pyridine rings is 1. The van der Waals surface area contributed by atoms with E-state index in [0.29, 0.717) is 36.1 Å². The van der Waals surface area contributed by atoms with Gasteiger partial charge in [0.2, 0.25) is 5.91 Å². The van der Waals surface area contributed by atoms with Crippen molar-refractivity contribution in [2.45, 2.75) is 26.3 Å². The minimum atomic E-state index is -0.269. The number of amides is 1. The topological polar surface area (TPSA) is 97.1 Å². The SMILES string of the molecule is Cc1ccnc(NC(=O)CCc2nnc3ccc(NCc4ccc(F)cc4)nn23)c1. The molecule has 0 saturated heterocycles. The first-order chi connectivity index (χ1) is 14.6. The van der Waals surface area contributed by atoms with Crippen molar-refractivity contribution < 1.29 is 9.18 Å². The lowest BCUT2D eigenvalue weighted by atomic mass is 10.2. The number of fused-ring (bicyclic) bond motifs is 1. The number of carbonyl (C=O) groups is 1. The molecular weight excluding hydrogens is 385 g/mol. The van der Waals surface area contributed by atoms with E-state index < -0.39 is 0 Å². The maximum absolute atomic E-state index is 13.0. The summed E-state index contributed by atoms with van der Waals surface area (Å²) in [4.78, 5) is 16.4. The second-order valence-corrected chi connectivity index (χ2v) is 6.85. The van der Waals surface area contributed by atoms with E-state index in [4.69, 9.17) is 0 Å². The third kappa shape index (κ3) is 4.75. The molecule has 0 unspecified atom stereocenters. The van der Waals surface area contributed by atoms with E-state index in [1.807, 2.05) is 19.1 Å². The molecule has 152 valence electrons. The first-order valence-electron chi connectivity index (χ1n) is 9.49. The van der Waals surface area contributed by atoms with Crippen molar-refractivity contribution in [1.29, 1.82) is 0 Å². The molecule has 0 bridgehead atoms. The minimum Gasteiger partial charge on any atom is -0.365 e. The van der Waals surface area contributed by atoms with Crippen LogP contribution in [0, 0.1) is 12.7 Å². The summed E-state index contributed by atoms with van der Waals surface area (Å²) in [7, 11) is 0. The standard InChI is InChI=1S/C21H20FN7O/c1-14-10-11-23-18(12-14)25-21(30)9-8-20-27-26-19-7-6-17(28-29(19)20)24-13-15-2-4-16(22)5-3-15/h2-7,10-12H,8-9,13H2,1H3,(H,24,28)(H,23,25,30). The first-order valence-corrected chi connectivity index (χ1v) is 9.49. The average molecular weight is 405 g/mol. The number of hydrogen-bond donors (Lipinski definition) is 2. The molecule has 1 aromatic carbocycles. The molecule has 3 aromatic heterocycles. The lowest BCUT2D eigenvalue weighted by molar-refractivity contribution is -0.116. The Morgan fingerprint density at radius 3 is 2.70 bits per heavy atom. The smallest absolute Gasteiger partial charge is 0.225 e. The number of nitrogens with zero attached hydrogens (tertiary/aromatic N) is 5. The number of benzene rings is 1. The molecule has 0 atom stereocenters.